The number of nitrogens with one attached hydrogen (secondary N) is 1. The molecule has 30 heavy (non-hydrogen) atoms. The van der Waals surface area contributed by atoms with Gasteiger partial charge in [0.1, 0.15) is 29.1 Å². The van der Waals surface area contributed by atoms with Gasteiger partial charge in [0.25, 0.3) is 0 Å². The second-order valence-corrected chi connectivity index (χ2v) is 8.85. The third-order valence-electron chi connectivity index (χ3n) is 6.03. The Bertz CT molecular complexity index is 965. The van der Waals surface area contributed by atoms with Crippen molar-refractivity contribution in [2.24, 2.45) is 0 Å². The second kappa shape index (κ2) is 7.81. The van der Waals surface area contributed by atoms with Gasteiger partial charge in [-0.05, 0) is 39.8 Å². The zero-order valence-electron chi connectivity index (χ0n) is 18.0. The van der Waals surface area contributed by atoms with Gasteiger partial charge < -0.3 is 20.3 Å². The van der Waals surface area contributed by atoms with E-state index in [1.807, 2.05) is 45.9 Å². The van der Waals surface area contributed by atoms with Crippen LogP contribution in [0.25, 0.3) is 11.3 Å². The van der Waals surface area contributed by atoms with Crippen molar-refractivity contribution in [1.29, 1.82) is 0 Å². The maximum Gasteiger partial charge on any atom is 0.316 e. The Morgan fingerprint density at radius 2 is 2.07 bits per heavy atom. The minimum Gasteiger partial charge on any atom is -0.530 e. The van der Waals surface area contributed by atoms with Crippen LogP contribution >= 0.6 is 0 Å². The smallest absolute Gasteiger partial charge is 0.316 e. The van der Waals surface area contributed by atoms with Crippen LogP contribution in [0, 0.1) is 0 Å². The van der Waals surface area contributed by atoms with E-state index in [4.69, 9.17) is 5.11 Å². The molecule has 1 aromatic carbocycles. The van der Waals surface area contributed by atoms with E-state index in [2.05, 4.69) is 15.6 Å². The van der Waals surface area contributed by atoms with Crippen molar-refractivity contribution in [2.45, 2.75) is 65.2 Å². The molecule has 0 fully saturated rings. The maximum atomic E-state index is 13.1. The van der Waals surface area contributed by atoms with Crippen LogP contribution in [-0.2, 0) is 11.3 Å². The summed E-state index contributed by atoms with van der Waals surface area (Å²) in [5.74, 6) is 0.00444. The highest BCUT2D eigenvalue weighted by Gasteiger charge is 2.55. The summed E-state index contributed by atoms with van der Waals surface area (Å²) in [4.78, 5) is 24.4. The SMILES string of the molecule is CC(=O)[N+]1(C(C)(C)C)c2ccc(-c3cn(CCO)nn3)cc2[C@H](NC(=O)[O-])C[C@@H]1C. The Labute approximate surface area is 175 Å². The van der Waals surface area contributed by atoms with Crippen LogP contribution in [0.1, 0.15) is 52.6 Å². The molecule has 0 aliphatic carbocycles. The summed E-state index contributed by atoms with van der Waals surface area (Å²) < 4.78 is 1.66. The molecule has 0 saturated heterocycles. The first-order chi connectivity index (χ1) is 14.0. The van der Waals surface area contributed by atoms with E-state index in [-0.39, 0.29) is 23.0 Å². The number of carbonyl (C=O) groups is 2. The molecule has 162 valence electrons. The van der Waals surface area contributed by atoms with Gasteiger partial charge in [-0.1, -0.05) is 5.21 Å². The molecule has 2 heterocycles. The number of aromatic nitrogens is 3. The quantitative estimate of drug-likeness (QED) is 0.728. The number of aliphatic hydroxyl groups is 1. The van der Waals surface area contributed by atoms with Crippen molar-refractivity contribution in [3.63, 3.8) is 0 Å². The summed E-state index contributed by atoms with van der Waals surface area (Å²) in [6.45, 7) is 9.92. The van der Waals surface area contributed by atoms with E-state index in [9.17, 15) is 14.7 Å². The molecule has 1 aliphatic rings. The van der Waals surface area contributed by atoms with Crippen molar-refractivity contribution in [3.8, 4) is 11.3 Å². The standard InChI is InChI=1S/C21H29N5O4/c1-13-10-17(22-20(29)30)16-11-15(18-12-25(8-9-27)24-23-18)6-7-19(16)26(13,14(2)28)21(3,4)5/h6-7,11-13,17,22,27H,8-10H2,1-5H3/t13-,17+,26?/m0/s1. The van der Waals surface area contributed by atoms with Gasteiger partial charge in [-0.3, -0.25) is 0 Å². The molecule has 1 aliphatic heterocycles. The number of quaternary nitrogens is 1. The largest absolute Gasteiger partial charge is 0.530 e. The number of carbonyl (C=O) groups excluding carboxylic acids is 2. The first kappa shape index (κ1) is 21.9. The lowest BCUT2D eigenvalue weighted by molar-refractivity contribution is -0.252. The molecule has 0 radical (unpaired) electrons. The first-order valence-corrected chi connectivity index (χ1v) is 10.1. The monoisotopic (exact) mass is 415 g/mol. The summed E-state index contributed by atoms with van der Waals surface area (Å²) in [7, 11) is 0. The zero-order valence-corrected chi connectivity index (χ0v) is 18.0. The number of benzene rings is 1. The Morgan fingerprint density at radius 1 is 1.37 bits per heavy atom. The van der Waals surface area contributed by atoms with Crippen LogP contribution in [0.5, 0.6) is 0 Å². The van der Waals surface area contributed by atoms with Gasteiger partial charge in [-0.25, -0.2) is 14.0 Å². The van der Waals surface area contributed by atoms with E-state index in [0.717, 1.165) is 16.8 Å². The summed E-state index contributed by atoms with van der Waals surface area (Å²) in [6, 6.07) is 5.00. The molecule has 0 saturated carbocycles. The number of fused-ring (bicyclic) bond motifs is 1. The minimum absolute atomic E-state index is 0.00444. The van der Waals surface area contributed by atoms with Crippen molar-refractivity contribution in [2.75, 3.05) is 6.61 Å². The molecular weight excluding hydrogens is 386 g/mol. The number of nitrogens with zero attached hydrogens (tertiary/aromatic N) is 4. The van der Waals surface area contributed by atoms with Crippen LogP contribution in [0.15, 0.2) is 24.4 Å². The Hall–Kier alpha value is -2.78. The van der Waals surface area contributed by atoms with Gasteiger partial charge in [-0.2, -0.15) is 0 Å². The van der Waals surface area contributed by atoms with E-state index < -0.39 is 17.7 Å². The van der Waals surface area contributed by atoms with Crippen molar-refractivity contribution < 1.29 is 19.8 Å². The van der Waals surface area contributed by atoms with Crippen LogP contribution in [-0.4, -0.2) is 50.3 Å². The number of amides is 2. The molecule has 9 nitrogen and oxygen atoms in total. The third kappa shape index (κ3) is 3.48. The van der Waals surface area contributed by atoms with Crippen LogP contribution in [0.3, 0.4) is 0 Å². The number of rotatable bonds is 4. The van der Waals surface area contributed by atoms with Gasteiger partial charge >= 0.3 is 5.91 Å². The lowest BCUT2D eigenvalue weighted by Gasteiger charge is -2.53. The molecule has 3 atom stereocenters. The maximum absolute atomic E-state index is 13.1. The highest BCUT2D eigenvalue weighted by molar-refractivity contribution is 5.90. The summed E-state index contributed by atoms with van der Waals surface area (Å²) in [5.41, 5.74) is 2.44. The molecule has 3 rings (SSSR count). The molecule has 2 N–H and O–H groups in total. The molecule has 0 spiro atoms. The van der Waals surface area contributed by atoms with E-state index >= 15 is 0 Å². The van der Waals surface area contributed by atoms with Crippen molar-refractivity contribution >= 4 is 17.7 Å². The number of carboxylic acid groups (broad SMARTS) is 1. The summed E-state index contributed by atoms with van der Waals surface area (Å²) >= 11 is 0. The topological polar surface area (TPSA) is 120 Å². The Balaban J connectivity index is 2.21. The summed E-state index contributed by atoms with van der Waals surface area (Å²) in [5, 5.41) is 31.1. The fourth-order valence-corrected chi connectivity index (χ4v) is 5.07. The zero-order chi connectivity index (χ0) is 22.3. The van der Waals surface area contributed by atoms with Gasteiger partial charge in [0.05, 0.1) is 32.3 Å². The fraction of sp³-hybridized carbons (Fsp3) is 0.524. The van der Waals surface area contributed by atoms with Crippen LogP contribution in [0.4, 0.5) is 10.5 Å². The Morgan fingerprint density at radius 3 is 2.63 bits per heavy atom. The minimum atomic E-state index is -1.35. The first-order valence-electron chi connectivity index (χ1n) is 10.1. The molecule has 2 aromatic rings. The van der Waals surface area contributed by atoms with Crippen LogP contribution < -0.4 is 14.9 Å². The van der Waals surface area contributed by atoms with Crippen molar-refractivity contribution in [3.05, 3.63) is 30.0 Å². The van der Waals surface area contributed by atoms with Crippen molar-refractivity contribution in [1.82, 2.24) is 24.8 Å². The average molecular weight is 415 g/mol. The lowest BCUT2D eigenvalue weighted by Crippen LogP contribution is -2.71. The molecule has 9 heteroatoms. The predicted molar refractivity (Wildman–Crippen MR) is 110 cm³/mol. The highest BCUT2D eigenvalue weighted by atomic mass is 16.4. The highest BCUT2D eigenvalue weighted by Crippen LogP contribution is 2.48. The third-order valence-corrected chi connectivity index (χ3v) is 6.03. The predicted octanol–water partition coefficient (Wildman–Crippen LogP) is 1.36. The van der Waals surface area contributed by atoms with Gasteiger partial charge in [0, 0.05) is 23.6 Å². The van der Waals surface area contributed by atoms with E-state index in [1.54, 1.807) is 17.8 Å². The lowest BCUT2D eigenvalue weighted by atomic mass is 9.82. The average Bonchev–Trinajstić information content (AvgIpc) is 3.08. The molecule has 0 bridgehead atoms. The molecule has 2 amide bonds. The van der Waals surface area contributed by atoms with E-state index in [1.165, 1.54) is 0 Å². The number of hydrogen-bond acceptors (Lipinski definition) is 6. The molecule has 1 aromatic heterocycles. The van der Waals surface area contributed by atoms with Gasteiger partial charge in [0.2, 0.25) is 0 Å². The number of aliphatic hydroxyl groups excluding tert-OH is 1. The van der Waals surface area contributed by atoms with Gasteiger partial charge in [-0.15, -0.1) is 5.10 Å². The molecular formula is C21H29N5O4. The molecule has 1 unspecified atom stereocenters. The van der Waals surface area contributed by atoms with Crippen LogP contribution in [0.2, 0.25) is 0 Å². The summed E-state index contributed by atoms with van der Waals surface area (Å²) in [6.07, 6.45) is 0.830. The fourth-order valence-electron chi connectivity index (χ4n) is 5.07. The van der Waals surface area contributed by atoms with E-state index in [0.29, 0.717) is 18.7 Å². The van der Waals surface area contributed by atoms with Gasteiger partial charge in [0.15, 0.2) is 0 Å². The number of hydrogen-bond donors (Lipinski definition) is 2. The second-order valence-electron chi connectivity index (χ2n) is 8.85. The normalized spacial score (nSPS) is 23.7. The Kier molecular flexibility index (Phi) is 5.70.